The first-order chi connectivity index (χ1) is 13.1. The van der Waals surface area contributed by atoms with Gasteiger partial charge in [-0.3, -0.25) is 4.79 Å². The van der Waals surface area contributed by atoms with E-state index in [2.05, 4.69) is 20.7 Å². The molecule has 0 fully saturated rings. The van der Waals surface area contributed by atoms with Gasteiger partial charge in [0, 0.05) is 11.3 Å². The van der Waals surface area contributed by atoms with Crippen LogP contribution >= 0.6 is 0 Å². The van der Waals surface area contributed by atoms with Crippen molar-refractivity contribution in [1.82, 2.24) is 20.2 Å². The molecule has 0 aliphatic rings. The third-order valence-corrected chi connectivity index (χ3v) is 4.24. The van der Waals surface area contributed by atoms with Gasteiger partial charge in [0.05, 0.1) is 23.9 Å². The van der Waals surface area contributed by atoms with E-state index in [9.17, 15) is 18.0 Å². The van der Waals surface area contributed by atoms with Crippen molar-refractivity contribution >= 4 is 17.3 Å². The molecule has 0 radical (unpaired) electrons. The molecule has 0 saturated heterocycles. The molecular weight excluding hydrogens is 373 g/mol. The van der Waals surface area contributed by atoms with E-state index in [0.717, 1.165) is 12.1 Å². The number of carbonyl (C=O) groups is 1. The Labute approximate surface area is 158 Å². The number of anilines is 2. The zero-order valence-electron chi connectivity index (χ0n) is 15.3. The highest BCUT2D eigenvalue weighted by Crippen LogP contribution is 2.37. The zero-order valence-corrected chi connectivity index (χ0v) is 15.3. The lowest BCUT2D eigenvalue weighted by atomic mass is 9.95. The third kappa shape index (κ3) is 3.66. The van der Waals surface area contributed by atoms with Crippen LogP contribution in [-0.2, 0) is 13.2 Å². The van der Waals surface area contributed by atoms with Gasteiger partial charge in [0.2, 0.25) is 11.7 Å². The number of rotatable bonds is 4. The molecule has 3 rings (SSSR count). The molecule has 1 aromatic heterocycles. The number of aromatic nitrogens is 4. The van der Waals surface area contributed by atoms with Crippen LogP contribution in [0.1, 0.15) is 27.0 Å². The first-order valence-corrected chi connectivity index (χ1v) is 8.20. The first-order valence-electron chi connectivity index (χ1n) is 8.20. The molecule has 10 heteroatoms. The molecule has 3 aromatic rings. The highest BCUT2D eigenvalue weighted by molar-refractivity contribution is 5.99. The number of aryl methyl sites for hydroxylation is 2. The minimum Gasteiger partial charge on any atom is -0.366 e. The van der Waals surface area contributed by atoms with Crippen LogP contribution in [0.5, 0.6) is 0 Å². The first kappa shape index (κ1) is 19.3. The molecule has 0 unspecified atom stereocenters. The Bertz CT molecular complexity index is 1060. The Morgan fingerprint density at radius 2 is 1.93 bits per heavy atom. The topological polar surface area (TPSA) is 98.7 Å². The van der Waals surface area contributed by atoms with Gasteiger partial charge >= 0.3 is 6.18 Å². The monoisotopic (exact) mass is 390 g/mol. The molecule has 0 atom stereocenters. The number of carbonyl (C=O) groups excluding carboxylic acids is 1. The van der Waals surface area contributed by atoms with E-state index in [4.69, 9.17) is 5.73 Å². The number of nitrogens with two attached hydrogens (primary N) is 1. The summed E-state index contributed by atoms with van der Waals surface area (Å²) in [6.45, 7) is 3.38. The summed E-state index contributed by atoms with van der Waals surface area (Å²) in [5, 5.41) is 14.9. The van der Waals surface area contributed by atoms with E-state index in [1.165, 1.54) is 16.9 Å². The van der Waals surface area contributed by atoms with Crippen LogP contribution in [0.25, 0.3) is 11.4 Å². The lowest BCUT2D eigenvalue weighted by molar-refractivity contribution is -0.137. The largest absolute Gasteiger partial charge is 0.416 e. The fourth-order valence-electron chi connectivity index (χ4n) is 2.91. The van der Waals surface area contributed by atoms with Crippen LogP contribution < -0.4 is 11.1 Å². The van der Waals surface area contributed by atoms with E-state index < -0.39 is 17.6 Å². The van der Waals surface area contributed by atoms with Crippen LogP contribution in [0.3, 0.4) is 0 Å². The minimum absolute atomic E-state index is 0.223. The Hall–Kier alpha value is -3.43. The van der Waals surface area contributed by atoms with Crippen molar-refractivity contribution in [3.05, 3.63) is 52.6 Å². The van der Waals surface area contributed by atoms with Crippen molar-refractivity contribution in [1.29, 1.82) is 0 Å². The minimum atomic E-state index is -4.46. The van der Waals surface area contributed by atoms with Crippen molar-refractivity contribution in [2.24, 2.45) is 12.8 Å². The van der Waals surface area contributed by atoms with Crippen molar-refractivity contribution in [2.75, 3.05) is 5.32 Å². The second-order valence-electron chi connectivity index (χ2n) is 6.29. The van der Waals surface area contributed by atoms with Crippen LogP contribution in [-0.4, -0.2) is 26.1 Å². The summed E-state index contributed by atoms with van der Waals surface area (Å²) in [6, 6.07) is 6.40. The molecule has 0 aliphatic heterocycles. The number of nitrogens with one attached hydrogen (secondary N) is 1. The number of nitrogens with zero attached hydrogens (tertiary/aromatic N) is 4. The summed E-state index contributed by atoms with van der Waals surface area (Å²) in [5.41, 5.74) is 7.19. The van der Waals surface area contributed by atoms with Gasteiger partial charge in [-0.1, -0.05) is 6.07 Å². The lowest BCUT2D eigenvalue weighted by Crippen LogP contribution is -2.15. The van der Waals surface area contributed by atoms with Crippen LogP contribution in [0.4, 0.5) is 24.5 Å². The molecule has 3 N–H and O–H groups in total. The average Bonchev–Trinajstić information content (AvgIpc) is 3.03. The second kappa shape index (κ2) is 6.95. The molecule has 28 heavy (non-hydrogen) atoms. The number of alkyl halides is 3. The average molecular weight is 390 g/mol. The van der Waals surface area contributed by atoms with Gasteiger partial charge in [-0.2, -0.15) is 18.0 Å². The maximum absolute atomic E-state index is 13.0. The molecule has 0 spiro atoms. The van der Waals surface area contributed by atoms with Crippen molar-refractivity contribution in [3.8, 4) is 11.4 Å². The molecule has 0 saturated carbocycles. The Morgan fingerprint density at radius 3 is 2.50 bits per heavy atom. The van der Waals surface area contributed by atoms with E-state index in [1.807, 2.05) is 0 Å². The highest BCUT2D eigenvalue weighted by Gasteiger charge is 2.30. The summed E-state index contributed by atoms with van der Waals surface area (Å²) in [7, 11) is 1.58. The van der Waals surface area contributed by atoms with Gasteiger partial charge in [0.1, 0.15) is 0 Å². The number of primary amides is 1. The fraction of sp³-hybridized carbons (Fsp3) is 0.222. The Morgan fingerprint density at radius 1 is 1.21 bits per heavy atom. The van der Waals surface area contributed by atoms with Crippen LogP contribution in [0, 0.1) is 13.8 Å². The van der Waals surface area contributed by atoms with Gasteiger partial charge in [0.15, 0.2) is 0 Å². The molecule has 0 aliphatic carbocycles. The predicted molar refractivity (Wildman–Crippen MR) is 97.0 cm³/mol. The van der Waals surface area contributed by atoms with E-state index in [-0.39, 0.29) is 17.1 Å². The zero-order chi connectivity index (χ0) is 20.6. The molecular formula is C18H17F3N6O. The summed E-state index contributed by atoms with van der Waals surface area (Å²) >= 11 is 0. The third-order valence-electron chi connectivity index (χ3n) is 4.24. The van der Waals surface area contributed by atoms with Crippen molar-refractivity contribution < 1.29 is 18.0 Å². The lowest BCUT2D eigenvalue weighted by Gasteiger charge is -2.18. The molecule has 1 amide bonds. The van der Waals surface area contributed by atoms with Gasteiger partial charge in [-0.05, 0) is 54.5 Å². The maximum atomic E-state index is 13.0. The van der Waals surface area contributed by atoms with Crippen LogP contribution in [0.2, 0.25) is 0 Å². The van der Waals surface area contributed by atoms with Gasteiger partial charge < -0.3 is 11.1 Å². The van der Waals surface area contributed by atoms with Gasteiger partial charge in [-0.15, -0.1) is 10.2 Å². The number of amides is 1. The van der Waals surface area contributed by atoms with E-state index in [1.54, 1.807) is 27.0 Å². The molecule has 1 heterocycles. The summed E-state index contributed by atoms with van der Waals surface area (Å²) in [5.74, 6) is -0.406. The number of benzene rings is 2. The van der Waals surface area contributed by atoms with E-state index >= 15 is 0 Å². The smallest absolute Gasteiger partial charge is 0.366 e. The van der Waals surface area contributed by atoms with E-state index in [0.29, 0.717) is 22.4 Å². The number of tetrazole rings is 1. The van der Waals surface area contributed by atoms with Crippen molar-refractivity contribution in [3.63, 3.8) is 0 Å². The number of hydrogen-bond donors (Lipinski definition) is 2. The second-order valence-corrected chi connectivity index (χ2v) is 6.29. The molecule has 146 valence electrons. The van der Waals surface area contributed by atoms with Crippen LogP contribution in [0.15, 0.2) is 30.3 Å². The SMILES string of the molecule is Cc1cc(C(N)=O)c(C)c(-c2nnn(C)n2)c1Nc1cccc(C(F)(F)F)c1. The van der Waals surface area contributed by atoms with Gasteiger partial charge in [-0.25, -0.2) is 0 Å². The standard InChI is InChI=1S/C18H17F3N6O/c1-9-7-13(16(22)28)10(2)14(17-24-26-27(3)25-17)15(9)23-12-6-4-5-11(8-12)18(19,20)21/h4-8,23H,1-3H3,(H2,22,28). The highest BCUT2D eigenvalue weighted by atomic mass is 19.4. The quantitative estimate of drug-likeness (QED) is 0.712. The van der Waals surface area contributed by atoms with Gasteiger partial charge in [0.25, 0.3) is 0 Å². The molecule has 0 bridgehead atoms. The summed E-state index contributed by atoms with van der Waals surface area (Å²) < 4.78 is 39.1. The summed E-state index contributed by atoms with van der Waals surface area (Å²) in [4.78, 5) is 13.0. The normalized spacial score (nSPS) is 11.5. The van der Waals surface area contributed by atoms with Crippen molar-refractivity contribution in [2.45, 2.75) is 20.0 Å². The Kier molecular flexibility index (Phi) is 4.80. The number of halogens is 3. The Balaban J connectivity index is 2.18. The summed E-state index contributed by atoms with van der Waals surface area (Å²) in [6.07, 6.45) is -4.46. The molecule has 2 aromatic carbocycles. The predicted octanol–water partition coefficient (Wildman–Crippen LogP) is 3.36. The fourth-order valence-corrected chi connectivity index (χ4v) is 2.91. The number of hydrogen-bond acceptors (Lipinski definition) is 5. The molecule has 7 nitrogen and oxygen atoms in total. The maximum Gasteiger partial charge on any atom is 0.416 e.